The fourth-order valence-electron chi connectivity index (χ4n) is 4.02. The molecule has 166 valence electrons. The van der Waals surface area contributed by atoms with Gasteiger partial charge >= 0.3 is 18.1 Å². The van der Waals surface area contributed by atoms with Gasteiger partial charge in [0.1, 0.15) is 0 Å². The van der Waals surface area contributed by atoms with Crippen LogP contribution in [0.3, 0.4) is 0 Å². The predicted molar refractivity (Wildman–Crippen MR) is 107 cm³/mol. The van der Waals surface area contributed by atoms with Crippen LogP contribution in [0.15, 0.2) is 18.2 Å². The normalized spacial score (nSPS) is 19.7. The highest BCUT2D eigenvalue weighted by Gasteiger charge is 2.46. The number of carboxylic acid groups (broad SMARTS) is 1. The molecular weight excluding hydrogens is 401 g/mol. The molecule has 0 bridgehead atoms. The number of alkyl halides is 3. The van der Waals surface area contributed by atoms with Crippen LogP contribution >= 0.6 is 0 Å². The Morgan fingerprint density at radius 2 is 1.57 bits per heavy atom. The van der Waals surface area contributed by atoms with Crippen LogP contribution in [0.1, 0.15) is 23.2 Å². The van der Waals surface area contributed by atoms with Crippen molar-refractivity contribution in [3.63, 3.8) is 0 Å². The number of carbonyl (C=O) groups excluding carboxylic acids is 1. The summed E-state index contributed by atoms with van der Waals surface area (Å²) in [5.74, 6) is -3.38. The number of carboxylic acids is 1. The SMILES string of the molecule is CN1CCC(N(C(=O)C(F)(F)F)c2cc(N3CCN(C)CC3)ccc2C(=O)O)CC1. The van der Waals surface area contributed by atoms with Crippen molar-refractivity contribution in [2.75, 3.05) is 63.2 Å². The molecule has 7 nitrogen and oxygen atoms in total. The molecule has 2 fully saturated rings. The highest BCUT2D eigenvalue weighted by molar-refractivity contribution is 6.05. The van der Waals surface area contributed by atoms with E-state index in [-0.39, 0.29) is 11.3 Å². The predicted octanol–water partition coefficient (Wildman–Crippen LogP) is 2.13. The van der Waals surface area contributed by atoms with E-state index in [1.807, 2.05) is 23.9 Å². The summed E-state index contributed by atoms with van der Waals surface area (Å²) in [4.78, 5) is 31.0. The van der Waals surface area contributed by atoms with E-state index in [9.17, 15) is 27.9 Å². The molecule has 0 aromatic heterocycles. The van der Waals surface area contributed by atoms with Gasteiger partial charge in [-0.3, -0.25) is 4.79 Å². The van der Waals surface area contributed by atoms with Gasteiger partial charge in [-0.25, -0.2) is 4.79 Å². The van der Waals surface area contributed by atoms with Crippen LogP contribution in [-0.2, 0) is 4.79 Å². The monoisotopic (exact) mass is 428 g/mol. The second kappa shape index (κ2) is 8.81. The molecule has 1 aromatic carbocycles. The third kappa shape index (κ3) is 4.86. The number of likely N-dealkylation sites (tertiary alicyclic amines) is 1. The molecule has 0 saturated carbocycles. The zero-order chi connectivity index (χ0) is 22.1. The van der Waals surface area contributed by atoms with Gasteiger partial charge in [0.2, 0.25) is 0 Å². The van der Waals surface area contributed by atoms with Crippen LogP contribution in [-0.4, -0.2) is 92.4 Å². The first-order valence-corrected chi connectivity index (χ1v) is 9.97. The molecule has 0 atom stereocenters. The van der Waals surface area contributed by atoms with Crippen molar-refractivity contribution in [2.24, 2.45) is 0 Å². The van der Waals surface area contributed by atoms with Crippen molar-refractivity contribution in [3.05, 3.63) is 23.8 Å². The fraction of sp³-hybridized carbons (Fsp3) is 0.600. The summed E-state index contributed by atoms with van der Waals surface area (Å²) < 4.78 is 40.4. The van der Waals surface area contributed by atoms with E-state index < -0.39 is 24.1 Å². The molecule has 2 heterocycles. The maximum Gasteiger partial charge on any atom is 0.471 e. The maximum atomic E-state index is 13.5. The highest BCUT2D eigenvalue weighted by Crippen LogP contribution is 2.34. The Morgan fingerprint density at radius 3 is 2.10 bits per heavy atom. The van der Waals surface area contributed by atoms with Crippen LogP contribution < -0.4 is 9.80 Å². The summed E-state index contributed by atoms with van der Waals surface area (Å²) in [6, 6.07) is 3.62. The molecule has 0 unspecified atom stereocenters. The zero-order valence-corrected chi connectivity index (χ0v) is 17.2. The van der Waals surface area contributed by atoms with Crippen molar-refractivity contribution in [1.29, 1.82) is 0 Å². The van der Waals surface area contributed by atoms with Gasteiger partial charge in [0.15, 0.2) is 0 Å². The minimum absolute atomic E-state index is 0.184. The molecule has 1 aromatic rings. The standard InChI is InChI=1S/C20H27F3N4O3/c1-24-7-5-14(6-8-24)27(19(30)20(21,22)23)17-13-15(3-4-16(17)18(28)29)26-11-9-25(2)10-12-26/h3-4,13-14H,5-12H2,1-2H3,(H,28,29). The highest BCUT2D eigenvalue weighted by atomic mass is 19.4. The minimum Gasteiger partial charge on any atom is -0.478 e. The molecule has 1 N–H and O–H groups in total. The lowest BCUT2D eigenvalue weighted by molar-refractivity contribution is -0.171. The number of anilines is 2. The lowest BCUT2D eigenvalue weighted by Crippen LogP contribution is -2.51. The number of likely N-dealkylation sites (N-methyl/N-ethyl adjacent to an activating group) is 1. The quantitative estimate of drug-likeness (QED) is 0.793. The van der Waals surface area contributed by atoms with E-state index >= 15 is 0 Å². The number of amides is 1. The van der Waals surface area contributed by atoms with Crippen molar-refractivity contribution in [2.45, 2.75) is 25.1 Å². The van der Waals surface area contributed by atoms with Crippen LogP contribution in [0.4, 0.5) is 24.5 Å². The molecule has 1 amide bonds. The molecule has 0 aliphatic carbocycles. The van der Waals surface area contributed by atoms with Crippen molar-refractivity contribution in [3.8, 4) is 0 Å². The number of piperazine rings is 1. The Kier molecular flexibility index (Phi) is 6.56. The van der Waals surface area contributed by atoms with Gasteiger partial charge in [-0.15, -0.1) is 0 Å². The number of rotatable bonds is 4. The van der Waals surface area contributed by atoms with Crippen LogP contribution in [0.5, 0.6) is 0 Å². The Morgan fingerprint density at radius 1 is 1.00 bits per heavy atom. The molecule has 2 aliphatic rings. The van der Waals surface area contributed by atoms with E-state index in [4.69, 9.17) is 0 Å². The molecule has 2 saturated heterocycles. The molecule has 3 rings (SSSR count). The van der Waals surface area contributed by atoms with Gasteiger partial charge in [-0.1, -0.05) is 0 Å². The summed E-state index contributed by atoms with van der Waals surface area (Å²) in [7, 11) is 3.85. The van der Waals surface area contributed by atoms with E-state index in [1.165, 1.54) is 12.1 Å². The molecule has 0 spiro atoms. The number of benzene rings is 1. The van der Waals surface area contributed by atoms with Gasteiger partial charge in [0.05, 0.1) is 11.3 Å². The molecule has 0 radical (unpaired) electrons. The number of hydrogen-bond acceptors (Lipinski definition) is 5. The van der Waals surface area contributed by atoms with Crippen molar-refractivity contribution < 1.29 is 27.9 Å². The Hall–Kier alpha value is -2.33. The molecule has 2 aliphatic heterocycles. The van der Waals surface area contributed by atoms with Crippen LogP contribution in [0.25, 0.3) is 0 Å². The van der Waals surface area contributed by atoms with Gasteiger partial charge < -0.3 is 24.7 Å². The van der Waals surface area contributed by atoms with Crippen LogP contribution in [0.2, 0.25) is 0 Å². The van der Waals surface area contributed by atoms with Crippen molar-refractivity contribution in [1.82, 2.24) is 9.80 Å². The summed E-state index contributed by atoms with van der Waals surface area (Å²) in [6.45, 7) is 3.99. The number of nitrogens with zero attached hydrogens (tertiary/aromatic N) is 4. The second-order valence-corrected chi connectivity index (χ2v) is 8.00. The largest absolute Gasteiger partial charge is 0.478 e. The van der Waals surface area contributed by atoms with Gasteiger partial charge in [0, 0.05) is 37.9 Å². The topological polar surface area (TPSA) is 67.3 Å². The Bertz CT molecular complexity index is 786. The Balaban J connectivity index is 2.04. The third-order valence-electron chi connectivity index (χ3n) is 5.85. The number of halogens is 3. The molecule has 30 heavy (non-hydrogen) atoms. The van der Waals surface area contributed by atoms with Crippen LogP contribution in [0, 0.1) is 0 Å². The Labute approximate surface area is 173 Å². The number of piperidine rings is 1. The van der Waals surface area contributed by atoms with Crippen molar-refractivity contribution >= 4 is 23.3 Å². The van der Waals surface area contributed by atoms with Gasteiger partial charge in [-0.05, 0) is 58.2 Å². The van der Waals surface area contributed by atoms with E-state index in [2.05, 4.69) is 4.90 Å². The molecule has 10 heteroatoms. The summed E-state index contributed by atoms with van der Waals surface area (Å²) >= 11 is 0. The summed E-state index contributed by atoms with van der Waals surface area (Å²) in [5, 5.41) is 9.63. The third-order valence-corrected chi connectivity index (χ3v) is 5.85. The first-order chi connectivity index (χ1) is 14.1. The van der Waals surface area contributed by atoms with E-state index in [1.54, 1.807) is 6.07 Å². The lowest BCUT2D eigenvalue weighted by atomic mass is 10.00. The zero-order valence-electron chi connectivity index (χ0n) is 17.2. The second-order valence-electron chi connectivity index (χ2n) is 8.00. The average Bonchev–Trinajstić information content (AvgIpc) is 2.69. The fourth-order valence-corrected chi connectivity index (χ4v) is 4.02. The first kappa shape index (κ1) is 22.4. The van der Waals surface area contributed by atoms with Gasteiger partial charge in [-0.2, -0.15) is 13.2 Å². The summed E-state index contributed by atoms with van der Waals surface area (Å²) in [6.07, 6.45) is -4.41. The summed E-state index contributed by atoms with van der Waals surface area (Å²) in [5.41, 5.74) is 0.135. The first-order valence-electron chi connectivity index (χ1n) is 9.97. The molecular formula is C20H27F3N4O3. The smallest absolute Gasteiger partial charge is 0.471 e. The number of aromatic carboxylic acids is 1. The minimum atomic E-state index is -5.09. The van der Waals surface area contributed by atoms with E-state index in [0.29, 0.717) is 49.6 Å². The average molecular weight is 428 g/mol. The number of hydrogen-bond donors (Lipinski definition) is 1. The van der Waals surface area contributed by atoms with Gasteiger partial charge in [0.25, 0.3) is 0 Å². The van der Waals surface area contributed by atoms with E-state index in [0.717, 1.165) is 13.1 Å². The maximum absolute atomic E-state index is 13.5. The lowest BCUT2D eigenvalue weighted by Gasteiger charge is -2.39. The number of carbonyl (C=O) groups is 2.